The molecule has 0 saturated heterocycles. The molecule has 0 radical (unpaired) electrons. The maximum absolute atomic E-state index is 11.9. The maximum atomic E-state index is 11.9. The van der Waals surface area contributed by atoms with Crippen molar-refractivity contribution in [3.8, 4) is 0 Å². The summed E-state index contributed by atoms with van der Waals surface area (Å²) in [6, 6.07) is 6.57. The average Bonchev–Trinajstić information content (AvgIpc) is 2.68. The van der Waals surface area contributed by atoms with Crippen molar-refractivity contribution in [2.24, 2.45) is 5.92 Å². The summed E-state index contributed by atoms with van der Waals surface area (Å²) >= 11 is 0. The number of hydrogen-bond donors (Lipinski definition) is 0. The Balaban J connectivity index is 2.36. The summed E-state index contributed by atoms with van der Waals surface area (Å²) in [5, 5.41) is 0. The number of carbonyl (C=O) groups excluding carboxylic acids is 3. The minimum atomic E-state index is -0.380. The third-order valence-corrected chi connectivity index (χ3v) is 2.72. The molecule has 4 heteroatoms. The molecule has 92 valence electrons. The van der Waals surface area contributed by atoms with Gasteiger partial charge in [-0.15, -0.1) is 0 Å². The second-order valence-electron chi connectivity index (χ2n) is 4.41. The normalized spacial score (nSPS) is 14.7. The van der Waals surface area contributed by atoms with E-state index in [1.807, 2.05) is 13.8 Å². The smallest absolute Gasteiger partial charge is 0.258 e. The summed E-state index contributed by atoms with van der Waals surface area (Å²) in [5.41, 5.74) is 0.941. The molecule has 1 aliphatic heterocycles. The van der Waals surface area contributed by atoms with E-state index in [0.717, 1.165) is 4.90 Å². The third-order valence-electron chi connectivity index (χ3n) is 2.72. The van der Waals surface area contributed by atoms with Gasteiger partial charge in [0.05, 0.1) is 5.69 Å². The van der Waals surface area contributed by atoms with Gasteiger partial charge in [-0.05, 0) is 12.1 Å². The van der Waals surface area contributed by atoms with E-state index < -0.39 is 0 Å². The van der Waals surface area contributed by atoms with E-state index in [2.05, 4.69) is 0 Å². The third kappa shape index (κ3) is 2.09. The predicted octanol–water partition coefficient (Wildman–Crippen LogP) is 1.95. The lowest BCUT2D eigenvalue weighted by Gasteiger charge is -2.15. The largest absolute Gasteiger partial charge is 0.294 e. The molecular weight excluding hydrogens is 230 g/mol. The van der Waals surface area contributed by atoms with Gasteiger partial charge in [-0.3, -0.25) is 14.4 Å². The van der Waals surface area contributed by atoms with Crippen LogP contribution in [0.2, 0.25) is 0 Å². The van der Waals surface area contributed by atoms with E-state index in [0.29, 0.717) is 11.3 Å². The fourth-order valence-corrected chi connectivity index (χ4v) is 1.79. The molecule has 0 N–H and O–H groups in total. The number of ketones is 1. The van der Waals surface area contributed by atoms with E-state index in [4.69, 9.17) is 0 Å². The molecule has 2 rings (SSSR count). The number of nitrogens with zero attached hydrogens (tertiary/aromatic N) is 1. The number of rotatable bonds is 3. The molecule has 1 aromatic carbocycles. The molecule has 0 aliphatic carbocycles. The quantitative estimate of drug-likeness (QED) is 0.602. The molecule has 1 aliphatic rings. The number of hydrogen-bond acceptors (Lipinski definition) is 3. The minimum Gasteiger partial charge on any atom is -0.294 e. The first-order valence-electron chi connectivity index (χ1n) is 5.71. The zero-order valence-corrected chi connectivity index (χ0v) is 10.2. The van der Waals surface area contributed by atoms with Crippen molar-refractivity contribution in [2.75, 3.05) is 4.90 Å². The summed E-state index contributed by atoms with van der Waals surface area (Å²) in [6.07, 6.45) is 2.44. The number of benzene rings is 1. The van der Waals surface area contributed by atoms with Gasteiger partial charge in [0.15, 0.2) is 5.78 Å². The standard InChI is InChI=1S/C14H13NO3/c1-9(2)14(18)10-4-3-5-11(8-10)15-12(16)6-7-13(15)17/h3-9H,1-2H3. The van der Waals surface area contributed by atoms with Crippen LogP contribution in [-0.4, -0.2) is 17.6 Å². The number of Topliss-reactive ketones (excluding diaryl/α,β-unsaturated/α-hetero) is 1. The fraction of sp³-hybridized carbons (Fsp3) is 0.214. The number of imide groups is 1. The van der Waals surface area contributed by atoms with Gasteiger partial charge in [0.25, 0.3) is 11.8 Å². The Morgan fingerprint density at radius 2 is 1.72 bits per heavy atom. The summed E-state index contributed by atoms with van der Waals surface area (Å²) in [6.45, 7) is 3.62. The van der Waals surface area contributed by atoms with Crippen LogP contribution < -0.4 is 4.90 Å². The van der Waals surface area contributed by atoms with Crippen molar-refractivity contribution in [3.05, 3.63) is 42.0 Å². The van der Waals surface area contributed by atoms with E-state index in [1.54, 1.807) is 24.3 Å². The minimum absolute atomic E-state index is 0.0103. The van der Waals surface area contributed by atoms with Gasteiger partial charge < -0.3 is 0 Å². The molecule has 2 amide bonds. The monoisotopic (exact) mass is 243 g/mol. The fourth-order valence-electron chi connectivity index (χ4n) is 1.79. The van der Waals surface area contributed by atoms with Crippen molar-refractivity contribution >= 4 is 23.3 Å². The lowest BCUT2D eigenvalue weighted by atomic mass is 10.0. The number of carbonyl (C=O) groups is 3. The zero-order chi connectivity index (χ0) is 13.3. The first-order valence-corrected chi connectivity index (χ1v) is 5.71. The van der Waals surface area contributed by atoms with E-state index in [9.17, 15) is 14.4 Å². The van der Waals surface area contributed by atoms with Crippen LogP contribution in [0.4, 0.5) is 5.69 Å². The van der Waals surface area contributed by atoms with Gasteiger partial charge in [0.1, 0.15) is 0 Å². The molecule has 1 heterocycles. The van der Waals surface area contributed by atoms with Crippen molar-refractivity contribution in [1.82, 2.24) is 0 Å². The lowest BCUT2D eigenvalue weighted by molar-refractivity contribution is -0.119. The number of amides is 2. The predicted molar refractivity (Wildman–Crippen MR) is 67.2 cm³/mol. The van der Waals surface area contributed by atoms with E-state index >= 15 is 0 Å². The Labute approximate surface area is 105 Å². The van der Waals surface area contributed by atoms with Crippen LogP contribution in [0.15, 0.2) is 36.4 Å². The Kier molecular flexibility index (Phi) is 3.10. The van der Waals surface area contributed by atoms with Crippen LogP contribution in [0.1, 0.15) is 24.2 Å². The summed E-state index contributed by atoms with van der Waals surface area (Å²) < 4.78 is 0. The van der Waals surface area contributed by atoms with Crippen LogP contribution in [-0.2, 0) is 9.59 Å². The highest BCUT2D eigenvalue weighted by Crippen LogP contribution is 2.21. The van der Waals surface area contributed by atoms with Crippen LogP contribution in [0, 0.1) is 5.92 Å². The van der Waals surface area contributed by atoms with Crippen molar-refractivity contribution in [3.63, 3.8) is 0 Å². The molecule has 0 saturated carbocycles. The second kappa shape index (κ2) is 4.56. The molecule has 1 aromatic rings. The van der Waals surface area contributed by atoms with Gasteiger partial charge in [-0.2, -0.15) is 0 Å². The van der Waals surface area contributed by atoms with Gasteiger partial charge in [0.2, 0.25) is 0 Å². The van der Waals surface area contributed by atoms with Gasteiger partial charge >= 0.3 is 0 Å². The summed E-state index contributed by atoms with van der Waals surface area (Å²) in [4.78, 5) is 36.0. The van der Waals surface area contributed by atoms with Gasteiger partial charge in [0, 0.05) is 23.6 Å². The maximum Gasteiger partial charge on any atom is 0.258 e. The summed E-state index contributed by atoms with van der Waals surface area (Å²) in [5.74, 6) is -0.893. The lowest BCUT2D eigenvalue weighted by Crippen LogP contribution is -2.29. The molecule has 0 unspecified atom stereocenters. The molecular formula is C14H13NO3. The molecule has 18 heavy (non-hydrogen) atoms. The van der Waals surface area contributed by atoms with E-state index in [-0.39, 0.29) is 23.5 Å². The van der Waals surface area contributed by atoms with Gasteiger partial charge in [-0.25, -0.2) is 4.90 Å². The SMILES string of the molecule is CC(C)C(=O)c1cccc(N2C(=O)C=CC2=O)c1. The Morgan fingerprint density at radius 3 is 2.28 bits per heavy atom. The van der Waals surface area contributed by atoms with Crippen LogP contribution in [0.3, 0.4) is 0 Å². The molecule has 0 fully saturated rings. The Bertz CT molecular complexity index is 540. The molecule has 4 nitrogen and oxygen atoms in total. The molecule has 0 aromatic heterocycles. The van der Waals surface area contributed by atoms with Crippen molar-refractivity contribution < 1.29 is 14.4 Å². The Morgan fingerprint density at radius 1 is 1.11 bits per heavy atom. The topological polar surface area (TPSA) is 54.5 Å². The second-order valence-corrected chi connectivity index (χ2v) is 4.41. The van der Waals surface area contributed by atoms with Crippen molar-refractivity contribution in [2.45, 2.75) is 13.8 Å². The average molecular weight is 243 g/mol. The highest BCUT2D eigenvalue weighted by molar-refractivity contribution is 6.28. The van der Waals surface area contributed by atoms with Gasteiger partial charge in [-0.1, -0.05) is 26.0 Å². The Hall–Kier alpha value is -2.23. The van der Waals surface area contributed by atoms with Crippen LogP contribution in [0.25, 0.3) is 0 Å². The zero-order valence-electron chi connectivity index (χ0n) is 10.2. The van der Waals surface area contributed by atoms with Crippen LogP contribution in [0.5, 0.6) is 0 Å². The van der Waals surface area contributed by atoms with E-state index in [1.165, 1.54) is 12.2 Å². The highest BCUT2D eigenvalue weighted by atomic mass is 16.2. The summed E-state index contributed by atoms with van der Waals surface area (Å²) in [7, 11) is 0. The molecule has 0 spiro atoms. The van der Waals surface area contributed by atoms with Crippen LogP contribution >= 0.6 is 0 Å². The number of anilines is 1. The highest BCUT2D eigenvalue weighted by Gasteiger charge is 2.25. The first-order chi connectivity index (χ1) is 8.50. The van der Waals surface area contributed by atoms with Crippen molar-refractivity contribution in [1.29, 1.82) is 0 Å². The molecule has 0 bridgehead atoms. The molecule has 0 atom stereocenters. The first kappa shape index (κ1) is 12.2.